The van der Waals surface area contributed by atoms with Crippen molar-refractivity contribution in [1.82, 2.24) is 14.6 Å². The van der Waals surface area contributed by atoms with Crippen molar-refractivity contribution in [1.29, 1.82) is 0 Å². The van der Waals surface area contributed by atoms with Crippen LogP contribution in [0, 0.1) is 0 Å². The van der Waals surface area contributed by atoms with Gasteiger partial charge < -0.3 is 10.6 Å². The zero-order chi connectivity index (χ0) is 11.2. The molecule has 0 atom stereocenters. The van der Waals surface area contributed by atoms with Crippen LogP contribution in [0.1, 0.15) is 13.3 Å². The van der Waals surface area contributed by atoms with E-state index in [1.54, 1.807) is 12.4 Å². The largest absolute Gasteiger partial charge is 0.351 e. The summed E-state index contributed by atoms with van der Waals surface area (Å²) in [7, 11) is 0. The molecule has 0 saturated carbocycles. The van der Waals surface area contributed by atoms with E-state index in [4.69, 9.17) is 5.73 Å². The molecule has 1 aliphatic heterocycles. The molecule has 3 heterocycles. The average molecular weight is 217 g/mol. The predicted octanol–water partition coefficient (Wildman–Crippen LogP) is 0.657. The van der Waals surface area contributed by atoms with Crippen molar-refractivity contribution < 1.29 is 0 Å². The SMILES string of the molecule is CCC1(N)CN(c2nccn3nccc23)C1. The number of rotatable bonds is 2. The van der Waals surface area contributed by atoms with Gasteiger partial charge in [0.1, 0.15) is 5.52 Å². The third-order valence-electron chi connectivity index (χ3n) is 3.32. The summed E-state index contributed by atoms with van der Waals surface area (Å²) in [5, 5.41) is 4.20. The molecule has 1 saturated heterocycles. The van der Waals surface area contributed by atoms with Crippen LogP contribution in [0.2, 0.25) is 0 Å². The van der Waals surface area contributed by atoms with Gasteiger partial charge in [-0.2, -0.15) is 5.10 Å². The van der Waals surface area contributed by atoms with Gasteiger partial charge >= 0.3 is 0 Å². The number of aromatic nitrogens is 3. The maximum Gasteiger partial charge on any atom is 0.154 e. The molecule has 2 aromatic rings. The minimum Gasteiger partial charge on any atom is -0.351 e. The minimum atomic E-state index is -0.0332. The molecule has 5 nitrogen and oxygen atoms in total. The molecule has 2 N–H and O–H groups in total. The lowest BCUT2D eigenvalue weighted by molar-refractivity contribution is 0.320. The van der Waals surface area contributed by atoms with Gasteiger partial charge in [-0.15, -0.1) is 0 Å². The Balaban J connectivity index is 1.94. The Labute approximate surface area is 93.9 Å². The van der Waals surface area contributed by atoms with Gasteiger partial charge in [0.05, 0.1) is 11.7 Å². The fraction of sp³-hybridized carbons (Fsp3) is 0.455. The Bertz CT molecular complexity index is 512. The van der Waals surface area contributed by atoms with Crippen LogP contribution in [0.4, 0.5) is 5.82 Å². The van der Waals surface area contributed by atoms with Crippen molar-refractivity contribution in [3.8, 4) is 0 Å². The summed E-state index contributed by atoms with van der Waals surface area (Å²) in [6, 6.07) is 1.98. The van der Waals surface area contributed by atoms with Crippen LogP contribution in [-0.4, -0.2) is 33.2 Å². The van der Waals surface area contributed by atoms with Gasteiger partial charge in [-0.1, -0.05) is 6.92 Å². The third kappa shape index (κ3) is 1.28. The highest BCUT2D eigenvalue weighted by molar-refractivity contribution is 5.69. The van der Waals surface area contributed by atoms with E-state index in [0.29, 0.717) is 0 Å². The third-order valence-corrected chi connectivity index (χ3v) is 3.32. The molecule has 0 amide bonds. The molecule has 0 bridgehead atoms. The number of hydrogen-bond donors (Lipinski definition) is 1. The Morgan fingerprint density at radius 2 is 2.25 bits per heavy atom. The van der Waals surface area contributed by atoms with Crippen LogP contribution < -0.4 is 10.6 Å². The molecule has 3 rings (SSSR count). The van der Waals surface area contributed by atoms with Crippen LogP contribution in [0.5, 0.6) is 0 Å². The highest BCUT2D eigenvalue weighted by atomic mass is 15.3. The lowest BCUT2D eigenvalue weighted by Crippen LogP contribution is -2.67. The molecule has 1 aliphatic rings. The lowest BCUT2D eigenvalue weighted by atomic mass is 9.88. The Morgan fingerprint density at radius 1 is 1.44 bits per heavy atom. The number of nitrogens with zero attached hydrogens (tertiary/aromatic N) is 4. The van der Waals surface area contributed by atoms with Gasteiger partial charge in [-0.25, -0.2) is 9.50 Å². The fourth-order valence-electron chi connectivity index (χ4n) is 2.17. The topological polar surface area (TPSA) is 59.5 Å². The summed E-state index contributed by atoms with van der Waals surface area (Å²) in [6.07, 6.45) is 6.42. The first-order valence-electron chi connectivity index (χ1n) is 5.54. The quantitative estimate of drug-likeness (QED) is 0.802. The van der Waals surface area contributed by atoms with Gasteiger partial charge in [-0.05, 0) is 12.5 Å². The zero-order valence-electron chi connectivity index (χ0n) is 9.30. The van der Waals surface area contributed by atoms with Crippen molar-refractivity contribution in [3.63, 3.8) is 0 Å². The van der Waals surface area contributed by atoms with E-state index in [2.05, 4.69) is 21.9 Å². The monoisotopic (exact) mass is 217 g/mol. The van der Waals surface area contributed by atoms with Crippen molar-refractivity contribution in [2.45, 2.75) is 18.9 Å². The van der Waals surface area contributed by atoms with Gasteiger partial charge in [0.25, 0.3) is 0 Å². The van der Waals surface area contributed by atoms with Crippen LogP contribution in [0.25, 0.3) is 5.52 Å². The van der Waals surface area contributed by atoms with E-state index in [-0.39, 0.29) is 5.54 Å². The molecule has 0 aliphatic carbocycles. The summed E-state index contributed by atoms with van der Waals surface area (Å²) >= 11 is 0. The second-order valence-corrected chi connectivity index (χ2v) is 4.48. The first-order chi connectivity index (χ1) is 7.72. The summed E-state index contributed by atoms with van der Waals surface area (Å²) < 4.78 is 1.84. The summed E-state index contributed by atoms with van der Waals surface area (Å²) in [5.41, 5.74) is 7.17. The second-order valence-electron chi connectivity index (χ2n) is 4.48. The maximum absolute atomic E-state index is 6.16. The molecular weight excluding hydrogens is 202 g/mol. The molecule has 1 fully saturated rings. The van der Waals surface area contributed by atoms with E-state index < -0.39 is 0 Å². The molecule has 0 unspecified atom stereocenters. The summed E-state index contributed by atoms with van der Waals surface area (Å²) in [4.78, 5) is 6.62. The van der Waals surface area contributed by atoms with Gasteiger partial charge in [0.2, 0.25) is 0 Å². The first kappa shape index (κ1) is 9.59. The molecule has 84 valence electrons. The van der Waals surface area contributed by atoms with Gasteiger partial charge in [0.15, 0.2) is 5.82 Å². The molecule has 0 spiro atoms. The van der Waals surface area contributed by atoms with E-state index in [1.807, 2.05) is 16.8 Å². The average Bonchev–Trinajstić information content (AvgIpc) is 2.72. The lowest BCUT2D eigenvalue weighted by Gasteiger charge is -2.48. The van der Waals surface area contributed by atoms with E-state index in [0.717, 1.165) is 30.8 Å². The first-order valence-corrected chi connectivity index (χ1v) is 5.54. The molecule has 2 aromatic heterocycles. The number of hydrogen-bond acceptors (Lipinski definition) is 4. The van der Waals surface area contributed by atoms with Crippen molar-refractivity contribution in [2.24, 2.45) is 5.73 Å². The number of fused-ring (bicyclic) bond motifs is 1. The fourth-order valence-corrected chi connectivity index (χ4v) is 2.17. The van der Waals surface area contributed by atoms with Crippen LogP contribution in [0.3, 0.4) is 0 Å². The normalized spacial score (nSPS) is 18.8. The Morgan fingerprint density at radius 3 is 3.00 bits per heavy atom. The maximum atomic E-state index is 6.16. The summed E-state index contributed by atoms with van der Waals surface area (Å²) in [6.45, 7) is 3.88. The highest BCUT2D eigenvalue weighted by Gasteiger charge is 2.39. The smallest absolute Gasteiger partial charge is 0.154 e. The number of anilines is 1. The van der Waals surface area contributed by atoms with Crippen molar-refractivity contribution >= 4 is 11.3 Å². The van der Waals surface area contributed by atoms with Crippen LogP contribution >= 0.6 is 0 Å². The Kier molecular flexibility index (Phi) is 1.91. The standard InChI is InChI=1S/C11H15N5/c1-2-11(12)7-15(8-11)10-9-3-4-14-16(9)6-5-13-10/h3-6H,2,7-8,12H2,1H3. The minimum absolute atomic E-state index is 0.0332. The van der Waals surface area contributed by atoms with Gasteiger partial charge in [0, 0.05) is 25.5 Å². The molecule has 0 aromatic carbocycles. The summed E-state index contributed by atoms with van der Waals surface area (Å²) in [5.74, 6) is 0.981. The Hall–Kier alpha value is -1.62. The number of nitrogens with two attached hydrogens (primary N) is 1. The van der Waals surface area contributed by atoms with Crippen molar-refractivity contribution in [2.75, 3.05) is 18.0 Å². The van der Waals surface area contributed by atoms with Crippen LogP contribution in [0.15, 0.2) is 24.7 Å². The molecule has 5 heteroatoms. The predicted molar refractivity (Wildman–Crippen MR) is 62.4 cm³/mol. The molecule has 16 heavy (non-hydrogen) atoms. The van der Waals surface area contributed by atoms with E-state index in [1.165, 1.54) is 0 Å². The van der Waals surface area contributed by atoms with Gasteiger partial charge in [-0.3, -0.25) is 0 Å². The van der Waals surface area contributed by atoms with E-state index in [9.17, 15) is 0 Å². The van der Waals surface area contributed by atoms with E-state index >= 15 is 0 Å². The second kappa shape index (κ2) is 3.18. The molecule has 0 radical (unpaired) electrons. The van der Waals surface area contributed by atoms with Crippen molar-refractivity contribution in [3.05, 3.63) is 24.7 Å². The van der Waals surface area contributed by atoms with Crippen LogP contribution in [-0.2, 0) is 0 Å². The zero-order valence-corrected chi connectivity index (χ0v) is 9.30. The molecular formula is C11H15N5. The highest BCUT2D eigenvalue weighted by Crippen LogP contribution is 2.29.